The van der Waals surface area contributed by atoms with Gasteiger partial charge in [0.25, 0.3) is 10.0 Å². The van der Waals surface area contributed by atoms with E-state index in [1.807, 2.05) is 65.0 Å². The second-order valence-electron chi connectivity index (χ2n) is 14.9. The molecule has 0 aromatic heterocycles. The number of benzene rings is 1. The van der Waals surface area contributed by atoms with Gasteiger partial charge in [-0.25, -0.2) is 13.2 Å². The van der Waals surface area contributed by atoms with E-state index in [0.717, 1.165) is 36.8 Å². The number of hydrogen-bond acceptors (Lipinski definition) is 6. The lowest BCUT2D eigenvalue weighted by Gasteiger charge is -2.41. The Morgan fingerprint density at radius 3 is 2.45 bits per heavy atom. The minimum Gasteiger partial charge on any atom is -0.472 e. The first kappa shape index (κ1) is 29.2. The molecule has 4 bridgehead atoms. The number of nitrogens with two attached hydrogens (primary N) is 1. The molecule has 5 atom stereocenters. The van der Waals surface area contributed by atoms with Crippen LogP contribution in [-0.2, 0) is 24.3 Å². The van der Waals surface area contributed by atoms with E-state index < -0.39 is 31.9 Å². The highest BCUT2D eigenvalue weighted by atomic mass is 32.2. The third-order valence-electron chi connectivity index (χ3n) is 10.2. The third-order valence-corrected chi connectivity index (χ3v) is 12.1. The normalized spacial score (nSPS) is 34.4. The number of hydrogen-bond donors (Lipinski definition) is 1. The first-order chi connectivity index (χ1) is 19.5. The molecule has 1 aromatic carbocycles. The van der Waals surface area contributed by atoms with Crippen molar-refractivity contribution in [2.24, 2.45) is 32.8 Å². The Morgan fingerprint density at radius 2 is 1.86 bits per heavy atom. The van der Waals surface area contributed by atoms with Crippen LogP contribution in [0.15, 0.2) is 34.7 Å². The molecule has 4 saturated carbocycles. The lowest BCUT2D eigenvalue weighted by Crippen LogP contribution is -2.45. The summed E-state index contributed by atoms with van der Waals surface area (Å²) in [6.45, 7) is 10.2. The van der Waals surface area contributed by atoms with E-state index in [9.17, 15) is 18.0 Å². The highest BCUT2D eigenvalue weighted by Gasteiger charge is 2.66. The zero-order valence-electron chi connectivity index (χ0n) is 25.3. The number of sulfonamides is 1. The molecular formula is C32H43N3O6S. The Hall–Kier alpha value is -2.88. The van der Waals surface area contributed by atoms with Crippen molar-refractivity contribution in [3.8, 4) is 0 Å². The average Bonchev–Trinajstić information content (AvgIpc) is 3.23. The van der Waals surface area contributed by atoms with Crippen molar-refractivity contribution in [3.63, 3.8) is 0 Å². The van der Waals surface area contributed by atoms with E-state index in [1.165, 1.54) is 0 Å². The second-order valence-corrected chi connectivity index (χ2v) is 16.6. The van der Waals surface area contributed by atoms with E-state index in [2.05, 4.69) is 4.40 Å². The van der Waals surface area contributed by atoms with Crippen LogP contribution in [0.1, 0.15) is 95.9 Å². The lowest BCUT2D eigenvalue weighted by atomic mass is 9.66. The number of ether oxygens (including phenoxy) is 2. The Bertz CT molecular complexity index is 1470. The first-order valence-corrected chi connectivity index (χ1v) is 16.6. The van der Waals surface area contributed by atoms with E-state index in [4.69, 9.17) is 15.2 Å². The topological polar surface area (TPSA) is 128 Å². The molecule has 4 aliphatic carbocycles. The van der Waals surface area contributed by atoms with Crippen molar-refractivity contribution in [3.05, 3.63) is 41.5 Å². The van der Waals surface area contributed by atoms with Crippen LogP contribution in [0.3, 0.4) is 0 Å². The minimum atomic E-state index is -3.91. The van der Waals surface area contributed by atoms with Gasteiger partial charge in [-0.1, -0.05) is 30.3 Å². The molecule has 0 saturated heterocycles. The number of primary amides is 1. The summed E-state index contributed by atoms with van der Waals surface area (Å²) < 4.78 is 43.5. The van der Waals surface area contributed by atoms with Crippen LogP contribution in [0.5, 0.6) is 0 Å². The first-order valence-electron chi connectivity index (χ1n) is 15.1. The Kier molecular flexibility index (Phi) is 6.65. The summed E-state index contributed by atoms with van der Waals surface area (Å²) in [5, 5.41) is -0.948. The molecule has 7 rings (SSSR count). The molecule has 4 unspecified atom stereocenters. The molecule has 4 fully saturated rings. The number of nitrogens with zero attached hydrogens (tertiary/aromatic N) is 2. The summed E-state index contributed by atoms with van der Waals surface area (Å²) in [7, 11) is -3.91. The van der Waals surface area contributed by atoms with Gasteiger partial charge in [0.15, 0.2) is 0 Å². The Morgan fingerprint density at radius 1 is 1.14 bits per heavy atom. The fourth-order valence-electron chi connectivity index (χ4n) is 8.81. The highest BCUT2D eigenvalue weighted by Crippen LogP contribution is 2.71. The Labute approximate surface area is 249 Å². The summed E-state index contributed by atoms with van der Waals surface area (Å²) in [6.07, 6.45) is 7.23. The average molecular weight is 598 g/mol. The van der Waals surface area contributed by atoms with Gasteiger partial charge < -0.3 is 20.1 Å². The van der Waals surface area contributed by atoms with Gasteiger partial charge in [0, 0.05) is 19.5 Å². The highest BCUT2D eigenvalue weighted by molar-refractivity contribution is 7.90. The fraction of sp³-hybridized carbons (Fsp3) is 0.656. The Balaban J connectivity index is 1.18. The monoisotopic (exact) mass is 597 g/mol. The quantitative estimate of drug-likeness (QED) is 0.487. The number of carbonyl (C=O) groups is 2. The predicted octanol–water partition coefficient (Wildman–Crippen LogP) is 5.36. The zero-order valence-corrected chi connectivity index (χ0v) is 26.1. The second kappa shape index (κ2) is 9.56. The number of amides is 2. The summed E-state index contributed by atoms with van der Waals surface area (Å²) in [6, 6.07) is 7.56. The molecule has 2 N–H and O–H groups in total. The molecule has 42 heavy (non-hydrogen) atoms. The maximum atomic E-state index is 13.7. The van der Waals surface area contributed by atoms with Crippen molar-refractivity contribution in [1.29, 1.82) is 0 Å². The van der Waals surface area contributed by atoms with Crippen LogP contribution in [0.4, 0.5) is 4.79 Å². The molecule has 2 heterocycles. The molecular weight excluding hydrogens is 554 g/mol. The smallest absolute Gasteiger partial charge is 0.410 e. The van der Waals surface area contributed by atoms with E-state index in [1.54, 1.807) is 4.90 Å². The van der Waals surface area contributed by atoms with Crippen molar-refractivity contribution < 1.29 is 27.5 Å². The van der Waals surface area contributed by atoms with E-state index in [-0.39, 0.29) is 23.3 Å². The molecule has 2 aliphatic heterocycles. The van der Waals surface area contributed by atoms with Gasteiger partial charge in [0.2, 0.25) is 11.8 Å². The van der Waals surface area contributed by atoms with Crippen molar-refractivity contribution >= 4 is 33.5 Å². The van der Waals surface area contributed by atoms with Crippen LogP contribution in [0.2, 0.25) is 0 Å². The van der Waals surface area contributed by atoms with E-state index >= 15 is 0 Å². The maximum absolute atomic E-state index is 13.7. The predicted molar refractivity (Wildman–Crippen MR) is 160 cm³/mol. The summed E-state index contributed by atoms with van der Waals surface area (Å²) >= 11 is 0. The van der Waals surface area contributed by atoms with E-state index in [0.29, 0.717) is 49.8 Å². The fourth-order valence-corrected chi connectivity index (χ4v) is 10.6. The van der Waals surface area contributed by atoms with Gasteiger partial charge in [-0.05, 0) is 107 Å². The van der Waals surface area contributed by atoms with Crippen LogP contribution in [0, 0.1) is 22.7 Å². The van der Waals surface area contributed by atoms with Gasteiger partial charge in [-0.2, -0.15) is 0 Å². The molecule has 9 nitrogen and oxygen atoms in total. The molecule has 10 heteroatoms. The molecule has 1 aromatic rings. The third kappa shape index (κ3) is 5.03. The van der Waals surface area contributed by atoms with Crippen molar-refractivity contribution in [2.75, 3.05) is 13.1 Å². The van der Waals surface area contributed by atoms with Gasteiger partial charge in [-0.15, -0.1) is 4.40 Å². The van der Waals surface area contributed by atoms with Crippen LogP contribution < -0.4 is 5.73 Å². The standard InChI is InChI=1S/C32H43N3O6S/c1-29(2,3)41-28(37)35-12-10-22(11-13-35)21-6-8-23(9-7-21)26-30(4,5)40-25(34-42(26,38)39)18-31-15-20-14-24(31)17-32(16-20,19-31)27(33)36/h6-10,20,24,26H,11-19H2,1-5H3,(H2,33,36)/t20?,24?,26-,31?,32?/m1/s1. The van der Waals surface area contributed by atoms with Crippen LogP contribution in [-0.4, -0.2) is 55.5 Å². The summed E-state index contributed by atoms with van der Waals surface area (Å²) in [5.74, 6) is 0.870. The molecule has 6 aliphatic rings. The molecule has 0 spiro atoms. The minimum absolute atomic E-state index is 0.163. The summed E-state index contributed by atoms with van der Waals surface area (Å²) in [4.78, 5) is 26.5. The van der Waals surface area contributed by atoms with Gasteiger partial charge in [-0.3, -0.25) is 4.79 Å². The lowest BCUT2D eigenvalue weighted by molar-refractivity contribution is -0.130. The van der Waals surface area contributed by atoms with Gasteiger partial charge >= 0.3 is 6.09 Å². The number of carbonyl (C=O) groups excluding carboxylic acids is 2. The molecule has 0 radical (unpaired) electrons. The molecule has 228 valence electrons. The van der Waals surface area contributed by atoms with Crippen molar-refractivity contribution in [2.45, 2.75) is 96.0 Å². The zero-order chi connectivity index (χ0) is 30.3. The van der Waals surface area contributed by atoms with Gasteiger partial charge in [0.05, 0.1) is 5.41 Å². The summed E-state index contributed by atoms with van der Waals surface area (Å²) in [5.41, 5.74) is 6.41. The largest absolute Gasteiger partial charge is 0.472 e. The maximum Gasteiger partial charge on any atom is 0.410 e. The van der Waals surface area contributed by atoms with Gasteiger partial charge in [0.1, 0.15) is 16.5 Å². The molecule has 2 amide bonds. The van der Waals surface area contributed by atoms with Crippen LogP contribution >= 0.6 is 0 Å². The van der Waals surface area contributed by atoms with Crippen molar-refractivity contribution in [1.82, 2.24) is 4.90 Å². The number of rotatable bonds is 5. The SMILES string of the molecule is CC(C)(C)OC(=O)N1CC=C(c2ccc([C@@H]3C(C)(C)OC(CC45CC6CC4CC(C(N)=O)(C6)C5)=NS3(=O)=O)cc2)CC1. The van der Waals surface area contributed by atoms with Crippen LogP contribution in [0.25, 0.3) is 5.57 Å².